The SMILES string of the molecule is CSCC(C)CNC(=O)C1(N)CCC1. The molecule has 0 spiro atoms. The highest BCUT2D eigenvalue weighted by molar-refractivity contribution is 7.98. The maximum atomic E-state index is 11.6. The van der Waals surface area contributed by atoms with Crippen molar-refractivity contribution >= 4 is 17.7 Å². The molecule has 0 aromatic rings. The molecule has 3 N–H and O–H groups in total. The molecule has 3 nitrogen and oxygen atoms in total. The van der Waals surface area contributed by atoms with Crippen molar-refractivity contribution in [3.8, 4) is 0 Å². The van der Waals surface area contributed by atoms with Crippen molar-refractivity contribution in [2.24, 2.45) is 11.7 Å². The lowest BCUT2D eigenvalue weighted by atomic mass is 9.77. The van der Waals surface area contributed by atoms with Crippen molar-refractivity contribution in [3.05, 3.63) is 0 Å². The lowest BCUT2D eigenvalue weighted by molar-refractivity contribution is -0.129. The summed E-state index contributed by atoms with van der Waals surface area (Å²) in [5.41, 5.74) is 5.35. The van der Waals surface area contributed by atoms with E-state index in [4.69, 9.17) is 5.73 Å². The lowest BCUT2D eigenvalue weighted by Crippen LogP contribution is -2.59. The molecule has 0 heterocycles. The molecule has 4 heteroatoms. The zero-order valence-corrected chi connectivity index (χ0v) is 9.82. The molecule has 1 aliphatic carbocycles. The summed E-state index contributed by atoms with van der Waals surface area (Å²) in [6, 6.07) is 0. The molecule has 82 valence electrons. The average Bonchev–Trinajstić information content (AvgIpc) is 2.11. The first-order valence-electron chi connectivity index (χ1n) is 5.14. The van der Waals surface area contributed by atoms with E-state index in [1.165, 1.54) is 0 Å². The standard InChI is InChI=1S/C10H20N2OS/c1-8(7-14-2)6-12-9(13)10(11)4-3-5-10/h8H,3-7,11H2,1-2H3,(H,12,13). The topological polar surface area (TPSA) is 55.1 Å². The van der Waals surface area contributed by atoms with Gasteiger partial charge in [0.1, 0.15) is 0 Å². The number of carbonyl (C=O) groups excluding carboxylic acids is 1. The molecule has 1 fully saturated rings. The van der Waals surface area contributed by atoms with E-state index in [0.717, 1.165) is 31.6 Å². The van der Waals surface area contributed by atoms with Gasteiger partial charge in [0, 0.05) is 6.54 Å². The van der Waals surface area contributed by atoms with Crippen molar-refractivity contribution in [1.29, 1.82) is 0 Å². The summed E-state index contributed by atoms with van der Waals surface area (Å²) >= 11 is 1.81. The smallest absolute Gasteiger partial charge is 0.240 e. The Bertz CT molecular complexity index is 204. The van der Waals surface area contributed by atoms with Gasteiger partial charge < -0.3 is 11.1 Å². The third kappa shape index (κ3) is 2.89. The van der Waals surface area contributed by atoms with Crippen LogP contribution in [0.15, 0.2) is 0 Å². The maximum absolute atomic E-state index is 11.6. The first-order chi connectivity index (χ1) is 6.58. The van der Waals surface area contributed by atoms with Crippen LogP contribution in [0.5, 0.6) is 0 Å². The Kier molecular flexibility index (Phi) is 4.26. The molecule has 0 aromatic carbocycles. The van der Waals surface area contributed by atoms with E-state index < -0.39 is 5.54 Å². The number of thioether (sulfide) groups is 1. The molecule has 0 bridgehead atoms. The third-order valence-electron chi connectivity index (χ3n) is 2.76. The van der Waals surface area contributed by atoms with Crippen LogP contribution in [0.4, 0.5) is 0 Å². The van der Waals surface area contributed by atoms with Crippen LogP contribution in [-0.2, 0) is 4.79 Å². The Morgan fingerprint density at radius 2 is 2.29 bits per heavy atom. The highest BCUT2D eigenvalue weighted by Gasteiger charge is 2.39. The van der Waals surface area contributed by atoms with Gasteiger partial charge >= 0.3 is 0 Å². The normalized spacial score (nSPS) is 21.1. The number of nitrogens with two attached hydrogens (primary N) is 1. The second kappa shape index (κ2) is 5.03. The summed E-state index contributed by atoms with van der Waals surface area (Å²) in [4.78, 5) is 11.6. The van der Waals surface area contributed by atoms with Crippen LogP contribution in [0.2, 0.25) is 0 Å². The molecule has 0 aromatic heterocycles. The molecule has 0 saturated heterocycles. The van der Waals surface area contributed by atoms with E-state index in [1.807, 2.05) is 0 Å². The van der Waals surface area contributed by atoms with Crippen LogP contribution in [-0.4, -0.2) is 30.0 Å². The van der Waals surface area contributed by atoms with E-state index in [2.05, 4.69) is 18.5 Å². The number of carbonyl (C=O) groups is 1. The van der Waals surface area contributed by atoms with E-state index in [-0.39, 0.29) is 5.91 Å². The van der Waals surface area contributed by atoms with Gasteiger partial charge in [0.2, 0.25) is 5.91 Å². The summed E-state index contributed by atoms with van der Waals surface area (Å²) in [5.74, 6) is 1.65. The quantitative estimate of drug-likeness (QED) is 0.720. The van der Waals surface area contributed by atoms with Gasteiger partial charge in [-0.1, -0.05) is 6.92 Å². The zero-order valence-electron chi connectivity index (χ0n) is 9.01. The lowest BCUT2D eigenvalue weighted by Gasteiger charge is -2.36. The molecule has 14 heavy (non-hydrogen) atoms. The minimum Gasteiger partial charge on any atom is -0.354 e. The van der Waals surface area contributed by atoms with Crippen LogP contribution < -0.4 is 11.1 Å². The Hall–Kier alpha value is -0.220. The molecule has 0 aliphatic heterocycles. The molecule has 0 radical (unpaired) electrons. The van der Waals surface area contributed by atoms with Crippen molar-refractivity contribution in [1.82, 2.24) is 5.32 Å². The molecule has 1 atom stereocenters. The fraction of sp³-hybridized carbons (Fsp3) is 0.900. The van der Waals surface area contributed by atoms with Crippen molar-refractivity contribution < 1.29 is 4.79 Å². The van der Waals surface area contributed by atoms with Crippen molar-refractivity contribution in [2.45, 2.75) is 31.7 Å². The fourth-order valence-electron chi connectivity index (χ4n) is 1.57. The first kappa shape index (κ1) is 11.9. The fourth-order valence-corrected chi connectivity index (χ4v) is 2.26. The number of nitrogens with one attached hydrogen (secondary N) is 1. The van der Waals surface area contributed by atoms with Gasteiger partial charge in [0.15, 0.2) is 0 Å². The maximum Gasteiger partial charge on any atom is 0.240 e. The van der Waals surface area contributed by atoms with Gasteiger partial charge in [-0.2, -0.15) is 11.8 Å². The predicted octanol–water partition coefficient (Wildman–Crippen LogP) is 0.983. The highest BCUT2D eigenvalue weighted by Crippen LogP contribution is 2.28. The minimum atomic E-state index is -0.543. The average molecular weight is 216 g/mol. The van der Waals surface area contributed by atoms with E-state index in [1.54, 1.807) is 11.8 Å². The minimum absolute atomic E-state index is 0.0386. The second-order valence-electron chi connectivity index (χ2n) is 4.28. The number of rotatable bonds is 5. The van der Waals surface area contributed by atoms with Crippen LogP contribution >= 0.6 is 11.8 Å². The van der Waals surface area contributed by atoms with E-state index in [0.29, 0.717) is 5.92 Å². The second-order valence-corrected chi connectivity index (χ2v) is 5.19. The van der Waals surface area contributed by atoms with Gasteiger partial charge in [-0.3, -0.25) is 4.79 Å². The third-order valence-corrected chi connectivity index (χ3v) is 3.66. The van der Waals surface area contributed by atoms with Gasteiger partial charge in [0.05, 0.1) is 5.54 Å². The summed E-state index contributed by atoms with van der Waals surface area (Å²) in [6.07, 6.45) is 4.85. The summed E-state index contributed by atoms with van der Waals surface area (Å²) in [6.45, 7) is 2.89. The van der Waals surface area contributed by atoms with Gasteiger partial charge in [0.25, 0.3) is 0 Å². The summed E-state index contributed by atoms with van der Waals surface area (Å²) in [5, 5.41) is 2.93. The molecular weight excluding hydrogens is 196 g/mol. The van der Waals surface area contributed by atoms with Crippen LogP contribution in [0, 0.1) is 5.92 Å². The Morgan fingerprint density at radius 1 is 1.64 bits per heavy atom. The Labute approximate surface area is 90.2 Å². The zero-order chi connectivity index (χ0) is 10.6. The van der Waals surface area contributed by atoms with Crippen LogP contribution in [0.3, 0.4) is 0 Å². The molecule has 1 amide bonds. The molecule has 1 saturated carbocycles. The largest absolute Gasteiger partial charge is 0.354 e. The van der Waals surface area contributed by atoms with Gasteiger partial charge in [-0.05, 0) is 37.2 Å². The number of hydrogen-bond donors (Lipinski definition) is 2. The van der Waals surface area contributed by atoms with Crippen molar-refractivity contribution in [2.75, 3.05) is 18.6 Å². The molecule has 1 unspecified atom stereocenters. The highest BCUT2D eigenvalue weighted by atomic mass is 32.2. The van der Waals surface area contributed by atoms with Crippen molar-refractivity contribution in [3.63, 3.8) is 0 Å². The van der Waals surface area contributed by atoms with Crippen LogP contribution in [0.1, 0.15) is 26.2 Å². The number of hydrogen-bond acceptors (Lipinski definition) is 3. The van der Waals surface area contributed by atoms with E-state index in [9.17, 15) is 4.79 Å². The molecule has 1 aliphatic rings. The monoisotopic (exact) mass is 216 g/mol. The molecule has 1 rings (SSSR count). The van der Waals surface area contributed by atoms with Gasteiger partial charge in [-0.25, -0.2) is 0 Å². The van der Waals surface area contributed by atoms with Crippen LogP contribution in [0.25, 0.3) is 0 Å². The first-order valence-corrected chi connectivity index (χ1v) is 6.54. The Morgan fingerprint density at radius 3 is 2.71 bits per heavy atom. The van der Waals surface area contributed by atoms with Gasteiger partial charge in [-0.15, -0.1) is 0 Å². The molecular formula is C10H20N2OS. The summed E-state index contributed by atoms with van der Waals surface area (Å²) < 4.78 is 0. The van der Waals surface area contributed by atoms with E-state index >= 15 is 0 Å². The number of amides is 1. The Balaban J connectivity index is 2.20. The summed E-state index contributed by atoms with van der Waals surface area (Å²) in [7, 11) is 0. The predicted molar refractivity (Wildman–Crippen MR) is 61.3 cm³/mol.